The number of para-hydroxylation sites is 1. The number of aliphatic imine (C=N–C) groups is 1. The van der Waals surface area contributed by atoms with Crippen LogP contribution in [0.1, 0.15) is 25.8 Å². The van der Waals surface area contributed by atoms with Gasteiger partial charge in [-0.15, -0.1) is 24.0 Å². The van der Waals surface area contributed by atoms with Crippen LogP contribution < -0.4 is 10.2 Å². The molecule has 4 rings (SSSR count). The largest absolute Gasteiger partial charge is 0.379 e. The van der Waals surface area contributed by atoms with E-state index in [-0.39, 0.29) is 24.0 Å². The number of rotatable bonds is 5. The van der Waals surface area contributed by atoms with Crippen molar-refractivity contribution in [1.29, 1.82) is 0 Å². The van der Waals surface area contributed by atoms with Crippen molar-refractivity contribution in [2.24, 2.45) is 4.99 Å². The van der Waals surface area contributed by atoms with E-state index in [4.69, 9.17) is 9.73 Å². The maximum Gasteiger partial charge on any atom is 0.194 e. The van der Waals surface area contributed by atoms with Gasteiger partial charge in [0.15, 0.2) is 5.96 Å². The van der Waals surface area contributed by atoms with Gasteiger partial charge >= 0.3 is 0 Å². The van der Waals surface area contributed by atoms with E-state index in [1.165, 1.54) is 17.7 Å². The first-order chi connectivity index (χ1) is 13.8. The van der Waals surface area contributed by atoms with Gasteiger partial charge in [0.1, 0.15) is 0 Å². The van der Waals surface area contributed by atoms with Crippen molar-refractivity contribution in [3.05, 3.63) is 29.8 Å². The number of likely N-dealkylation sites (tertiary alicyclic amines) is 1. The number of nitrogens with one attached hydrogen (secondary N) is 1. The van der Waals surface area contributed by atoms with E-state index in [1.807, 2.05) is 0 Å². The van der Waals surface area contributed by atoms with E-state index in [0.717, 1.165) is 71.4 Å². The molecule has 2 unspecified atom stereocenters. The summed E-state index contributed by atoms with van der Waals surface area (Å²) in [5.74, 6) is 1.08. The number of hydrogen-bond donors (Lipinski definition) is 1. The fourth-order valence-corrected chi connectivity index (χ4v) is 4.74. The minimum atomic E-state index is 0. The van der Waals surface area contributed by atoms with Gasteiger partial charge in [0.05, 0.1) is 19.8 Å². The highest BCUT2D eigenvalue weighted by Crippen LogP contribution is 2.29. The summed E-state index contributed by atoms with van der Waals surface area (Å²) in [5.41, 5.74) is 2.86. The van der Waals surface area contributed by atoms with Crippen LogP contribution in [0.15, 0.2) is 29.3 Å². The second-order valence-corrected chi connectivity index (χ2v) is 8.15. The first-order valence-electron chi connectivity index (χ1n) is 11.0. The van der Waals surface area contributed by atoms with Crippen LogP contribution in [0.3, 0.4) is 0 Å². The van der Waals surface area contributed by atoms with Crippen LogP contribution in [0.2, 0.25) is 0 Å². The number of ether oxygens (including phenoxy) is 1. The third-order valence-electron chi connectivity index (χ3n) is 6.32. The van der Waals surface area contributed by atoms with Crippen molar-refractivity contribution in [3.63, 3.8) is 0 Å². The summed E-state index contributed by atoms with van der Waals surface area (Å²) in [4.78, 5) is 12.6. The zero-order valence-corrected chi connectivity index (χ0v) is 20.2. The molecule has 1 N–H and O–H groups in total. The molecule has 3 heterocycles. The van der Waals surface area contributed by atoms with Crippen LogP contribution in [0.25, 0.3) is 0 Å². The number of guanidine groups is 1. The number of hydrogen-bond acceptors (Lipinski definition) is 4. The Morgan fingerprint density at radius 3 is 2.79 bits per heavy atom. The summed E-state index contributed by atoms with van der Waals surface area (Å²) in [6.07, 6.45) is 2.37. The first-order valence-corrected chi connectivity index (χ1v) is 11.0. The fraction of sp³-hybridized carbons (Fsp3) is 0.682. The van der Waals surface area contributed by atoms with E-state index < -0.39 is 0 Å². The molecule has 0 aliphatic carbocycles. The van der Waals surface area contributed by atoms with Crippen LogP contribution in [-0.2, 0) is 11.2 Å². The minimum absolute atomic E-state index is 0. The van der Waals surface area contributed by atoms with Crippen LogP contribution in [0, 0.1) is 0 Å². The zero-order chi connectivity index (χ0) is 19.3. The van der Waals surface area contributed by atoms with E-state index in [9.17, 15) is 0 Å². The molecule has 0 radical (unpaired) electrons. The van der Waals surface area contributed by atoms with Crippen molar-refractivity contribution in [2.45, 2.75) is 38.8 Å². The Morgan fingerprint density at radius 1 is 1.21 bits per heavy atom. The van der Waals surface area contributed by atoms with E-state index >= 15 is 0 Å². The fourth-order valence-electron chi connectivity index (χ4n) is 4.74. The van der Waals surface area contributed by atoms with E-state index in [1.54, 1.807) is 0 Å². The molecule has 2 fully saturated rings. The van der Waals surface area contributed by atoms with Crippen molar-refractivity contribution < 1.29 is 4.74 Å². The number of nitrogens with zero attached hydrogens (tertiary/aromatic N) is 4. The summed E-state index contributed by atoms with van der Waals surface area (Å²) in [6.45, 7) is 13.4. The summed E-state index contributed by atoms with van der Waals surface area (Å²) in [5, 5.41) is 3.53. The summed E-state index contributed by atoms with van der Waals surface area (Å²) >= 11 is 0. The number of halogens is 1. The van der Waals surface area contributed by atoms with Crippen LogP contribution in [0.4, 0.5) is 5.69 Å². The molecule has 2 atom stereocenters. The second-order valence-electron chi connectivity index (χ2n) is 8.15. The Balaban J connectivity index is 0.00000240. The highest BCUT2D eigenvalue weighted by Gasteiger charge is 2.30. The smallest absolute Gasteiger partial charge is 0.194 e. The third kappa shape index (κ3) is 5.35. The lowest BCUT2D eigenvalue weighted by Gasteiger charge is -2.32. The predicted molar refractivity (Wildman–Crippen MR) is 131 cm³/mol. The molecule has 7 heteroatoms. The van der Waals surface area contributed by atoms with Crippen molar-refractivity contribution >= 4 is 35.6 Å². The molecule has 1 aromatic rings. The lowest BCUT2D eigenvalue weighted by Crippen LogP contribution is -2.47. The SMILES string of the molecule is CCNC(=NCC(C)N1CCc2ccccc21)N1CCC(N2CCOCC2)C1.I. The molecule has 1 aromatic carbocycles. The molecule has 0 saturated carbocycles. The Hall–Kier alpha value is -1.06. The van der Waals surface area contributed by atoms with E-state index in [2.05, 4.69) is 58.1 Å². The second kappa shape index (κ2) is 10.8. The third-order valence-corrected chi connectivity index (χ3v) is 6.32. The topological polar surface area (TPSA) is 43.3 Å². The van der Waals surface area contributed by atoms with Crippen molar-refractivity contribution in [1.82, 2.24) is 15.1 Å². The standard InChI is InChI=1S/C22H35N5O.HI/c1-3-23-22(26-10-9-20(17-26)25-12-14-28-15-13-25)24-16-18(2)27-11-8-19-6-4-5-7-21(19)27;/h4-7,18,20H,3,8-17H2,1-2H3,(H,23,24);1H. The van der Waals surface area contributed by atoms with Gasteiger partial charge in [0, 0.05) is 57.0 Å². The van der Waals surface area contributed by atoms with Crippen LogP contribution in [-0.4, -0.2) is 86.9 Å². The molecular formula is C22H36IN5O. The summed E-state index contributed by atoms with van der Waals surface area (Å²) in [6, 6.07) is 9.84. The molecule has 3 aliphatic heterocycles. The van der Waals surface area contributed by atoms with Gasteiger partial charge in [-0.1, -0.05) is 18.2 Å². The molecule has 6 nitrogen and oxygen atoms in total. The average molecular weight is 513 g/mol. The highest BCUT2D eigenvalue weighted by molar-refractivity contribution is 14.0. The van der Waals surface area contributed by atoms with Gasteiger partial charge in [-0.05, 0) is 38.3 Å². The van der Waals surface area contributed by atoms with Crippen LogP contribution >= 0.6 is 24.0 Å². The summed E-state index contributed by atoms with van der Waals surface area (Å²) in [7, 11) is 0. The molecule has 0 amide bonds. The number of benzene rings is 1. The minimum Gasteiger partial charge on any atom is -0.379 e. The Kier molecular flexibility index (Phi) is 8.44. The van der Waals surface area contributed by atoms with Gasteiger partial charge in [-0.25, -0.2) is 0 Å². The first kappa shape index (κ1) is 22.6. The number of fused-ring (bicyclic) bond motifs is 1. The Morgan fingerprint density at radius 2 is 2.00 bits per heavy atom. The Labute approximate surface area is 192 Å². The van der Waals surface area contributed by atoms with Gasteiger partial charge in [0.2, 0.25) is 0 Å². The molecule has 0 spiro atoms. The molecule has 29 heavy (non-hydrogen) atoms. The zero-order valence-electron chi connectivity index (χ0n) is 17.8. The van der Waals surface area contributed by atoms with Crippen LogP contribution in [0.5, 0.6) is 0 Å². The van der Waals surface area contributed by atoms with Crippen molar-refractivity contribution in [2.75, 3.05) is 63.9 Å². The lowest BCUT2D eigenvalue weighted by molar-refractivity contribution is 0.0195. The quantitative estimate of drug-likeness (QED) is 0.373. The number of morpholine rings is 1. The lowest BCUT2D eigenvalue weighted by atomic mass is 10.2. The average Bonchev–Trinajstić information content (AvgIpc) is 3.39. The molecule has 162 valence electrons. The maximum atomic E-state index is 5.51. The molecule has 0 aromatic heterocycles. The predicted octanol–water partition coefficient (Wildman–Crippen LogP) is 2.43. The number of anilines is 1. The van der Waals surface area contributed by atoms with Gasteiger partial charge in [-0.2, -0.15) is 0 Å². The molecular weight excluding hydrogens is 477 g/mol. The molecule has 0 bridgehead atoms. The van der Waals surface area contributed by atoms with Gasteiger partial charge in [-0.3, -0.25) is 9.89 Å². The molecule has 2 saturated heterocycles. The maximum absolute atomic E-state index is 5.51. The Bertz CT molecular complexity index is 679. The normalized spacial score (nSPS) is 23.7. The monoisotopic (exact) mass is 513 g/mol. The van der Waals surface area contributed by atoms with E-state index in [0.29, 0.717) is 12.1 Å². The molecule has 3 aliphatic rings. The summed E-state index contributed by atoms with van der Waals surface area (Å²) < 4.78 is 5.51. The highest BCUT2D eigenvalue weighted by atomic mass is 127. The van der Waals surface area contributed by atoms with Gasteiger partial charge in [0.25, 0.3) is 0 Å². The van der Waals surface area contributed by atoms with Gasteiger partial charge < -0.3 is 19.9 Å². The van der Waals surface area contributed by atoms with Crippen molar-refractivity contribution in [3.8, 4) is 0 Å².